The van der Waals surface area contributed by atoms with E-state index in [1.54, 1.807) is 13.0 Å². The van der Waals surface area contributed by atoms with Crippen molar-refractivity contribution < 1.29 is 9.18 Å². The number of anilines is 1. The highest BCUT2D eigenvalue weighted by molar-refractivity contribution is 5.91. The number of carbonyl (C=O) groups excluding carboxylic acids is 1. The number of aryl methyl sites for hydroxylation is 3. The fourth-order valence-electron chi connectivity index (χ4n) is 2.40. The molecule has 1 N–H and O–H groups in total. The fourth-order valence-corrected chi connectivity index (χ4v) is 2.40. The van der Waals surface area contributed by atoms with Gasteiger partial charge in [0.1, 0.15) is 5.82 Å². The van der Waals surface area contributed by atoms with Crippen LogP contribution in [0.4, 0.5) is 10.1 Å². The first-order chi connectivity index (χ1) is 9.88. The average Bonchev–Trinajstić information content (AvgIpc) is 2.65. The van der Waals surface area contributed by atoms with Crippen LogP contribution >= 0.6 is 0 Å². The zero-order valence-corrected chi connectivity index (χ0v) is 12.8. The Hall–Kier alpha value is -2.17. The van der Waals surface area contributed by atoms with Crippen LogP contribution in [0.25, 0.3) is 0 Å². The number of rotatable bonds is 4. The molecule has 112 valence electrons. The summed E-state index contributed by atoms with van der Waals surface area (Å²) >= 11 is 0. The maximum atomic E-state index is 13.0. The Kier molecular flexibility index (Phi) is 4.40. The van der Waals surface area contributed by atoms with Crippen molar-refractivity contribution in [2.45, 2.75) is 33.6 Å². The Morgan fingerprint density at radius 2 is 2.05 bits per heavy atom. The van der Waals surface area contributed by atoms with Crippen LogP contribution in [0.5, 0.6) is 0 Å². The number of hydrogen-bond acceptors (Lipinski definition) is 2. The van der Waals surface area contributed by atoms with Crippen molar-refractivity contribution in [1.82, 2.24) is 9.78 Å². The Labute approximate surface area is 124 Å². The lowest BCUT2D eigenvalue weighted by atomic mass is 10.1. The number of halogens is 1. The highest BCUT2D eigenvalue weighted by atomic mass is 19.1. The van der Waals surface area contributed by atoms with Crippen molar-refractivity contribution >= 4 is 11.6 Å². The van der Waals surface area contributed by atoms with E-state index in [2.05, 4.69) is 10.4 Å². The topological polar surface area (TPSA) is 46.9 Å². The molecule has 0 radical (unpaired) electrons. The molecule has 1 aromatic heterocycles. The molecule has 0 bridgehead atoms. The summed E-state index contributed by atoms with van der Waals surface area (Å²) in [4.78, 5) is 12.0. The van der Waals surface area contributed by atoms with E-state index in [4.69, 9.17) is 0 Å². The summed E-state index contributed by atoms with van der Waals surface area (Å²) in [5.74, 6) is -0.375. The molecule has 1 amide bonds. The molecular weight excluding hydrogens is 269 g/mol. The van der Waals surface area contributed by atoms with E-state index in [-0.39, 0.29) is 11.7 Å². The normalized spacial score (nSPS) is 10.7. The van der Waals surface area contributed by atoms with E-state index < -0.39 is 0 Å². The first-order valence-electron chi connectivity index (χ1n) is 6.93. The minimum absolute atomic E-state index is 0.0765. The second kappa shape index (κ2) is 6.08. The molecule has 4 nitrogen and oxygen atoms in total. The first-order valence-corrected chi connectivity index (χ1v) is 6.93. The van der Waals surface area contributed by atoms with Crippen LogP contribution in [0, 0.1) is 26.6 Å². The molecule has 1 aromatic carbocycles. The lowest BCUT2D eigenvalue weighted by Gasteiger charge is -2.08. The molecule has 0 unspecified atom stereocenters. The molecule has 0 atom stereocenters. The van der Waals surface area contributed by atoms with Crippen molar-refractivity contribution in [2.24, 2.45) is 7.05 Å². The minimum atomic E-state index is -0.299. The molecule has 0 aliphatic carbocycles. The molecule has 1 heterocycles. The van der Waals surface area contributed by atoms with E-state index in [1.807, 2.05) is 25.6 Å². The van der Waals surface area contributed by atoms with Crippen molar-refractivity contribution in [3.8, 4) is 0 Å². The average molecular weight is 289 g/mol. The molecule has 21 heavy (non-hydrogen) atoms. The Morgan fingerprint density at radius 1 is 1.33 bits per heavy atom. The maximum absolute atomic E-state index is 13.0. The first kappa shape index (κ1) is 15.2. The van der Waals surface area contributed by atoms with Crippen molar-refractivity contribution in [3.63, 3.8) is 0 Å². The minimum Gasteiger partial charge on any atom is -0.326 e. The van der Waals surface area contributed by atoms with Crippen molar-refractivity contribution in [3.05, 3.63) is 46.5 Å². The van der Waals surface area contributed by atoms with Gasteiger partial charge in [-0.3, -0.25) is 9.48 Å². The van der Waals surface area contributed by atoms with Gasteiger partial charge in [0.25, 0.3) is 0 Å². The smallest absolute Gasteiger partial charge is 0.224 e. The monoisotopic (exact) mass is 289 g/mol. The van der Waals surface area contributed by atoms with Gasteiger partial charge in [0.05, 0.1) is 5.69 Å². The summed E-state index contributed by atoms with van der Waals surface area (Å²) in [7, 11) is 1.90. The molecule has 5 heteroatoms. The second-order valence-electron chi connectivity index (χ2n) is 5.28. The molecule has 0 saturated heterocycles. The van der Waals surface area contributed by atoms with E-state index in [9.17, 15) is 9.18 Å². The predicted octanol–water partition coefficient (Wildman–Crippen LogP) is 3.06. The number of aromatic nitrogens is 2. The highest BCUT2D eigenvalue weighted by Crippen LogP contribution is 2.17. The number of nitrogens with one attached hydrogen (secondary N) is 1. The third kappa shape index (κ3) is 3.48. The highest BCUT2D eigenvalue weighted by Gasteiger charge is 2.12. The molecule has 0 saturated carbocycles. The van der Waals surface area contributed by atoms with E-state index in [1.165, 1.54) is 12.1 Å². The fraction of sp³-hybridized carbons (Fsp3) is 0.375. The number of hydrogen-bond donors (Lipinski definition) is 1. The van der Waals surface area contributed by atoms with Gasteiger partial charge in [-0.1, -0.05) is 0 Å². The lowest BCUT2D eigenvalue weighted by molar-refractivity contribution is -0.116. The summed E-state index contributed by atoms with van der Waals surface area (Å²) in [5.41, 5.74) is 4.53. The van der Waals surface area contributed by atoms with Crippen LogP contribution in [0.3, 0.4) is 0 Å². The Balaban J connectivity index is 1.99. The molecule has 2 rings (SSSR count). The molecule has 0 aliphatic rings. The van der Waals surface area contributed by atoms with Crippen LogP contribution in [-0.2, 0) is 18.3 Å². The second-order valence-corrected chi connectivity index (χ2v) is 5.28. The standard InChI is InChI=1S/C16H20FN3O/c1-10-9-13(17)5-7-15(10)18-16(21)8-6-14-11(2)19-20(4)12(14)3/h5,7,9H,6,8H2,1-4H3,(H,18,21). The largest absolute Gasteiger partial charge is 0.326 e. The molecular formula is C16H20FN3O. The SMILES string of the molecule is Cc1cc(F)ccc1NC(=O)CCc1c(C)nn(C)c1C. The van der Waals surface area contributed by atoms with E-state index in [0.717, 1.165) is 22.5 Å². The van der Waals surface area contributed by atoms with Crippen LogP contribution in [0.15, 0.2) is 18.2 Å². The van der Waals surface area contributed by atoms with Crippen molar-refractivity contribution in [2.75, 3.05) is 5.32 Å². The Bertz CT molecular complexity index is 676. The summed E-state index contributed by atoms with van der Waals surface area (Å²) in [6.45, 7) is 5.72. The molecule has 0 spiro atoms. The third-order valence-electron chi connectivity index (χ3n) is 3.72. The van der Waals surface area contributed by atoms with Gasteiger partial charge >= 0.3 is 0 Å². The van der Waals surface area contributed by atoms with Gasteiger partial charge in [-0.2, -0.15) is 5.10 Å². The summed E-state index contributed by atoms with van der Waals surface area (Å²) in [5, 5.41) is 7.16. The van der Waals surface area contributed by atoms with Gasteiger partial charge in [-0.15, -0.1) is 0 Å². The third-order valence-corrected chi connectivity index (χ3v) is 3.72. The zero-order chi connectivity index (χ0) is 15.6. The molecule has 0 aliphatic heterocycles. The zero-order valence-electron chi connectivity index (χ0n) is 12.8. The van der Waals surface area contributed by atoms with Gasteiger partial charge in [-0.25, -0.2) is 4.39 Å². The number of carbonyl (C=O) groups is 1. The summed E-state index contributed by atoms with van der Waals surface area (Å²) < 4.78 is 14.8. The van der Waals surface area contributed by atoms with E-state index >= 15 is 0 Å². The number of nitrogens with zero attached hydrogens (tertiary/aromatic N) is 2. The summed E-state index contributed by atoms with van der Waals surface area (Å²) in [6.07, 6.45) is 1.03. The van der Waals surface area contributed by atoms with Crippen LogP contribution in [-0.4, -0.2) is 15.7 Å². The van der Waals surface area contributed by atoms with Crippen LogP contribution < -0.4 is 5.32 Å². The van der Waals surface area contributed by atoms with Gasteiger partial charge in [-0.05, 0) is 56.5 Å². The quantitative estimate of drug-likeness (QED) is 0.940. The van der Waals surface area contributed by atoms with E-state index in [0.29, 0.717) is 18.5 Å². The van der Waals surface area contributed by atoms with Crippen LogP contribution in [0.2, 0.25) is 0 Å². The van der Waals surface area contributed by atoms with Gasteiger partial charge in [0.2, 0.25) is 5.91 Å². The number of benzene rings is 1. The molecule has 0 fully saturated rings. The summed E-state index contributed by atoms with van der Waals surface area (Å²) in [6, 6.07) is 4.34. The van der Waals surface area contributed by atoms with Gasteiger partial charge < -0.3 is 5.32 Å². The van der Waals surface area contributed by atoms with Crippen molar-refractivity contribution in [1.29, 1.82) is 0 Å². The van der Waals surface area contributed by atoms with Gasteiger partial charge in [0, 0.05) is 24.8 Å². The Morgan fingerprint density at radius 3 is 2.62 bits per heavy atom. The predicted molar refractivity (Wildman–Crippen MR) is 80.8 cm³/mol. The maximum Gasteiger partial charge on any atom is 0.224 e. The number of amides is 1. The lowest BCUT2D eigenvalue weighted by Crippen LogP contribution is -2.13. The molecule has 2 aromatic rings. The van der Waals surface area contributed by atoms with Crippen LogP contribution in [0.1, 0.15) is 28.9 Å². The van der Waals surface area contributed by atoms with Gasteiger partial charge in [0.15, 0.2) is 0 Å².